The smallest absolute Gasteiger partial charge is 0.167 e. The van der Waals surface area contributed by atoms with Gasteiger partial charge in [0, 0.05) is 16.2 Å². The van der Waals surface area contributed by atoms with Gasteiger partial charge in [-0.2, -0.15) is 4.80 Å². The minimum atomic E-state index is 0.507. The zero-order valence-electron chi connectivity index (χ0n) is 7.94. The number of aryl methyl sites for hydroxylation is 1. The van der Waals surface area contributed by atoms with Crippen molar-refractivity contribution in [1.29, 1.82) is 0 Å². The molecule has 0 unspecified atom stereocenters. The number of nitrogens with zero attached hydrogens (tertiary/aromatic N) is 7. The van der Waals surface area contributed by atoms with Crippen LogP contribution in [0, 0.1) is 0 Å². The Balaban J connectivity index is 2.44. The van der Waals surface area contributed by atoms with Crippen LogP contribution in [0.15, 0.2) is 29.4 Å². The SMILES string of the molecule is Cn1nnc(-c2cccc(N=[N+]=[N-])c2)n1. The molecule has 7 nitrogen and oxygen atoms in total. The Kier molecular flexibility index (Phi) is 2.30. The number of benzene rings is 1. The Morgan fingerprint density at radius 3 is 3.00 bits per heavy atom. The van der Waals surface area contributed by atoms with E-state index in [1.54, 1.807) is 25.2 Å². The van der Waals surface area contributed by atoms with Gasteiger partial charge in [0.1, 0.15) is 0 Å². The number of aromatic nitrogens is 4. The average Bonchev–Trinajstić information content (AvgIpc) is 2.66. The first-order valence-corrected chi connectivity index (χ1v) is 4.19. The molecule has 0 N–H and O–H groups in total. The maximum atomic E-state index is 8.30. The van der Waals surface area contributed by atoms with E-state index in [1.807, 2.05) is 6.07 Å². The lowest BCUT2D eigenvalue weighted by Gasteiger charge is -1.95. The van der Waals surface area contributed by atoms with E-state index in [0.717, 1.165) is 5.56 Å². The number of hydrogen-bond donors (Lipinski definition) is 0. The number of azide groups is 1. The summed E-state index contributed by atoms with van der Waals surface area (Å²) in [4.78, 5) is 4.08. The van der Waals surface area contributed by atoms with Gasteiger partial charge in [-0.25, -0.2) is 0 Å². The van der Waals surface area contributed by atoms with Gasteiger partial charge in [-0.05, 0) is 16.8 Å². The predicted molar refractivity (Wildman–Crippen MR) is 53.0 cm³/mol. The lowest BCUT2D eigenvalue weighted by molar-refractivity contribution is 0.630. The van der Waals surface area contributed by atoms with Crippen molar-refractivity contribution in [2.24, 2.45) is 12.2 Å². The molecule has 0 bridgehead atoms. The van der Waals surface area contributed by atoms with Crippen molar-refractivity contribution in [3.05, 3.63) is 34.7 Å². The molecule has 1 heterocycles. The van der Waals surface area contributed by atoms with Crippen LogP contribution in [0.4, 0.5) is 5.69 Å². The summed E-state index contributed by atoms with van der Waals surface area (Å²) < 4.78 is 0. The van der Waals surface area contributed by atoms with Crippen LogP contribution < -0.4 is 0 Å². The second-order valence-corrected chi connectivity index (χ2v) is 2.84. The topological polar surface area (TPSA) is 92.4 Å². The zero-order valence-corrected chi connectivity index (χ0v) is 7.94. The maximum absolute atomic E-state index is 8.30. The van der Waals surface area contributed by atoms with Crippen LogP contribution >= 0.6 is 0 Å². The summed E-state index contributed by atoms with van der Waals surface area (Å²) in [6.07, 6.45) is 0. The van der Waals surface area contributed by atoms with Crippen molar-refractivity contribution in [2.45, 2.75) is 0 Å². The highest BCUT2D eigenvalue weighted by molar-refractivity contribution is 5.59. The second kappa shape index (κ2) is 3.77. The van der Waals surface area contributed by atoms with Gasteiger partial charge >= 0.3 is 0 Å². The molecule has 0 aliphatic carbocycles. The molecule has 15 heavy (non-hydrogen) atoms. The molecule has 0 fully saturated rings. The van der Waals surface area contributed by atoms with E-state index in [0.29, 0.717) is 11.5 Å². The molecular weight excluding hydrogens is 194 g/mol. The quantitative estimate of drug-likeness (QED) is 0.421. The Bertz CT molecular complexity index is 523. The zero-order chi connectivity index (χ0) is 10.7. The Labute approximate surface area is 85.0 Å². The normalized spacial score (nSPS) is 9.67. The van der Waals surface area contributed by atoms with Gasteiger partial charge in [-0.15, -0.1) is 10.2 Å². The Morgan fingerprint density at radius 2 is 2.33 bits per heavy atom. The fourth-order valence-electron chi connectivity index (χ4n) is 1.16. The average molecular weight is 201 g/mol. The number of hydrogen-bond acceptors (Lipinski definition) is 4. The first-order valence-electron chi connectivity index (χ1n) is 4.19. The molecule has 7 heteroatoms. The Morgan fingerprint density at radius 1 is 1.47 bits per heavy atom. The minimum absolute atomic E-state index is 0.507. The van der Waals surface area contributed by atoms with E-state index in [4.69, 9.17) is 5.53 Å². The van der Waals surface area contributed by atoms with Gasteiger partial charge in [0.2, 0.25) is 5.82 Å². The van der Waals surface area contributed by atoms with E-state index < -0.39 is 0 Å². The van der Waals surface area contributed by atoms with Gasteiger partial charge in [-0.3, -0.25) is 0 Å². The monoisotopic (exact) mass is 201 g/mol. The van der Waals surface area contributed by atoms with Crippen LogP contribution in [-0.2, 0) is 7.05 Å². The van der Waals surface area contributed by atoms with Crippen molar-refractivity contribution < 1.29 is 0 Å². The summed E-state index contributed by atoms with van der Waals surface area (Å²) in [7, 11) is 1.69. The van der Waals surface area contributed by atoms with E-state index in [1.165, 1.54) is 4.80 Å². The minimum Gasteiger partial charge on any atom is -0.167 e. The summed E-state index contributed by atoms with van der Waals surface area (Å²) in [5.74, 6) is 0.507. The van der Waals surface area contributed by atoms with E-state index in [9.17, 15) is 0 Å². The summed E-state index contributed by atoms with van der Waals surface area (Å²) >= 11 is 0. The number of rotatable bonds is 2. The van der Waals surface area contributed by atoms with Crippen LogP contribution in [-0.4, -0.2) is 20.2 Å². The molecule has 0 aliphatic heterocycles. The van der Waals surface area contributed by atoms with Crippen LogP contribution in [0.2, 0.25) is 0 Å². The van der Waals surface area contributed by atoms with Crippen LogP contribution in [0.5, 0.6) is 0 Å². The molecule has 2 rings (SSSR count). The highest BCUT2D eigenvalue weighted by Crippen LogP contribution is 2.20. The van der Waals surface area contributed by atoms with Crippen LogP contribution in [0.3, 0.4) is 0 Å². The fourth-order valence-corrected chi connectivity index (χ4v) is 1.16. The largest absolute Gasteiger partial charge is 0.204 e. The standard InChI is InChI=1S/C8H7N7/c1-15-12-8(11-14-15)6-3-2-4-7(5-6)10-13-9/h2-5H,1H3. The van der Waals surface area contributed by atoms with Crippen LogP contribution in [0.1, 0.15) is 0 Å². The third-order valence-corrected chi connectivity index (χ3v) is 1.77. The van der Waals surface area contributed by atoms with Crippen molar-refractivity contribution >= 4 is 5.69 Å². The van der Waals surface area contributed by atoms with Crippen molar-refractivity contribution in [3.8, 4) is 11.4 Å². The van der Waals surface area contributed by atoms with E-state index >= 15 is 0 Å². The lowest BCUT2D eigenvalue weighted by atomic mass is 10.2. The highest BCUT2D eigenvalue weighted by atomic mass is 15.6. The summed E-state index contributed by atoms with van der Waals surface area (Å²) in [5, 5.41) is 15.1. The molecule has 0 amide bonds. The third-order valence-electron chi connectivity index (χ3n) is 1.77. The van der Waals surface area contributed by atoms with Gasteiger partial charge in [0.25, 0.3) is 0 Å². The first kappa shape index (κ1) is 9.17. The number of tetrazole rings is 1. The molecule has 0 spiro atoms. The molecule has 74 valence electrons. The molecule has 0 saturated carbocycles. The van der Waals surface area contributed by atoms with Gasteiger partial charge in [0.15, 0.2) is 0 Å². The van der Waals surface area contributed by atoms with Gasteiger partial charge in [-0.1, -0.05) is 23.3 Å². The predicted octanol–water partition coefficient (Wildman–Crippen LogP) is 1.82. The molecule has 0 atom stereocenters. The molecule has 1 aromatic heterocycles. The molecule has 0 radical (unpaired) electrons. The highest BCUT2D eigenvalue weighted by Gasteiger charge is 2.03. The Hall–Kier alpha value is -2.40. The molecule has 2 aromatic rings. The van der Waals surface area contributed by atoms with E-state index in [2.05, 4.69) is 25.4 Å². The van der Waals surface area contributed by atoms with E-state index in [-0.39, 0.29) is 0 Å². The van der Waals surface area contributed by atoms with Crippen molar-refractivity contribution in [3.63, 3.8) is 0 Å². The van der Waals surface area contributed by atoms with Gasteiger partial charge < -0.3 is 0 Å². The molecule has 1 aromatic carbocycles. The molecule has 0 saturated heterocycles. The summed E-state index contributed by atoms with van der Waals surface area (Å²) in [6, 6.07) is 7.01. The fraction of sp³-hybridized carbons (Fsp3) is 0.125. The second-order valence-electron chi connectivity index (χ2n) is 2.84. The lowest BCUT2D eigenvalue weighted by Crippen LogP contribution is -1.91. The third kappa shape index (κ3) is 1.92. The molecule has 0 aliphatic rings. The van der Waals surface area contributed by atoms with Crippen molar-refractivity contribution in [2.75, 3.05) is 0 Å². The van der Waals surface area contributed by atoms with Crippen LogP contribution in [0.25, 0.3) is 21.8 Å². The molecular formula is C8H7N7. The summed E-state index contributed by atoms with van der Waals surface area (Å²) in [5.41, 5.74) is 9.60. The first-order chi connectivity index (χ1) is 7.29. The van der Waals surface area contributed by atoms with Crippen molar-refractivity contribution in [1.82, 2.24) is 20.2 Å². The summed E-state index contributed by atoms with van der Waals surface area (Å²) in [6.45, 7) is 0. The van der Waals surface area contributed by atoms with Gasteiger partial charge in [0.05, 0.1) is 7.05 Å². The maximum Gasteiger partial charge on any atom is 0.204 e.